The van der Waals surface area contributed by atoms with Gasteiger partial charge in [-0.1, -0.05) is 32.7 Å². The summed E-state index contributed by atoms with van der Waals surface area (Å²) in [5.41, 5.74) is 4.13. The Labute approximate surface area is 318 Å². The lowest BCUT2D eigenvalue weighted by molar-refractivity contribution is -0.165. The lowest BCUT2D eigenvalue weighted by atomic mass is 9.81. The van der Waals surface area contributed by atoms with Crippen molar-refractivity contribution in [3.63, 3.8) is 0 Å². The third-order valence-electron chi connectivity index (χ3n) is 10.9. The van der Waals surface area contributed by atoms with Crippen LogP contribution in [0.5, 0.6) is 0 Å². The summed E-state index contributed by atoms with van der Waals surface area (Å²) < 4.78 is 30.7. The Morgan fingerprint density at radius 2 is 2.02 bits per heavy atom. The van der Waals surface area contributed by atoms with Crippen LogP contribution in [-0.4, -0.2) is 79.8 Å². The number of rotatable bonds is 6. The van der Waals surface area contributed by atoms with Gasteiger partial charge in [-0.05, 0) is 82.2 Å². The number of esters is 1. The zero-order valence-electron chi connectivity index (χ0n) is 30.9. The summed E-state index contributed by atoms with van der Waals surface area (Å²) in [5.74, 6) is -1.77. The Morgan fingerprint density at radius 1 is 1.23 bits per heavy atom. The van der Waals surface area contributed by atoms with Crippen LogP contribution in [-0.2, 0) is 43.2 Å². The molecule has 0 radical (unpaired) electrons. The molecule has 3 atom stereocenters. The first kappa shape index (κ1) is 37.5. The molecule has 1 aromatic carbocycles. The number of cyclic esters (lactones) is 1. The summed E-state index contributed by atoms with van der Waals surface area (Å²) in [6, 6.07) is 8.40. The number of hydrogen-bond acceptors (Lipinski definition) is 10. The van der Waals surface area contributed by atoms with E-state index in [2.05, 4.69) is 67.7 Å². The molecule has 6 bridgehead atoms. The Balaban J connectivity index is 1.37. The standard InChI is InChI=1S/C39H47FN6O5S2/c1-6-44-30-13-12-24-18-26(30)27(34(44)25-10-7-16-41-33(25)23(2)50-5)20-38(3,4)22-51-36(48)31-11-8-17-45(46(31)52)35(47)28(19-32-42-29(24)21-53-32)43-37(49)39(40)14-9-15-39/h7,10,12-13,16,18,21,23,28,31,52H,6,8-9,11,14-15,17,19-20,22H2,1-5H3,(H,43,49)/t23-,28-,31-/m0/s1. The molecule has 1 saturated carbocycles. The molecule has 5 heterocycles. The Bertz CT molecular complexity index is 2040. The van der Waals surface area contributed by atoms with Crippen molar-refractivity contribution < 1.29 is 28.2 Å². The molecule has 0 spiro atoms. The molecule has 7 rings (SSSR count). The maximum absolute atomic E-state index is 15.3. The van der Waals surface area contributed by atoms with E-state index in [4.69, 9.17) is 19.4 Å². The summed E-state index contributed by atoms with van der Waals surface area (Å²) >= 11 is 6.02. The van der Waals surface area contributed by atoms with E-state index in [0.717, 1.165) is 44.7 Å². The average molecular weight is 763 g/mol. The molecular weight excluding hydrogens is 716 g/mol. The molecule has 0 unspecified atom stereocenters. The predicted molar refractivity (Wildman–Crippen MR) is 205 cm³/mol. The Hall–Kier alpha value is -3.85. The number of benzene rings is 1. The van der Waals surface area contributed by atoms with Crippen LogP contribution in [0.15, 0.2) is 41.9 Å². The van der Waals surface area contributed by atoms with Gasteiger partial charge in [0.15, 0.2) is 5.67 Å². The van der Waals surface area contributed by atoms with Gasteiger partial charge in [-0.3, -0.25) is 24.4 Å². The van der Waals surface area contributed by atoms with Gasteiger partial charge in [0.1, 0.15) is 12.1 Å². The average Bonchev–Trinajstić information content (AvgIpc) is 3.73. The first-order chi connectivity index (χ1) is 25.3. The topological polar surface area (TPSA) is 119 Å². The number of hydrazine groups is 1. The number of aryl methyl sites for hydroxylation is 1. The van der Waals surface area contributed by atoms with Crippen LogP contribution in [0.25, 0.3) is 33.4 Å². The van der Waals surface area contributed by atoms with E-state index < -0.39 is 41.0 Å². The number of carbonyl (C=O) groups excluding carboxylic acids is 3. The van der Waals surface area contributed by atoms with Crippen molar-refractivity contribution in [2.45, 2.75) is 103 Å². The number of methoxy groups -OCH3 is 1. The molecule has 2 aliphatic heterocycles. The van der Waals surface area contributed by atoms with Crippen molar-refractivity contribution in [2.75, 3.05) is 20.3 Å². The normalized spacial score (nSPS) is 22.5. The second-order valence-corrected chi connectivity index (χ2v) is 16.5. The molecule has 2 amide bonds. The first-order valence-corrected chi connectivity index (χ1v) is 19.7. The van der Waals surface area contributed by atoms with Gasteiger partial charge in [0, 0.05) is 65.6 Å². The summed E-state index contributed by atoms with van der Waals surface area (Å²) in [4.78, 5) is 50.8. The van der Waals surface area contributed by atoms with E-state index in [1.807, 2.05) is 18.4 Å². The predicted octanol–water partition coefficient (Wildman–Crippen LogP) is 6.65. The number of aromatic nitrogens is 3. The van der Waals surface area contributed by atoms with Crippen molar-refractivity contribution in [1.82, 2.24) is 29.3 Å². The van der Waals surface area contributed by atoms with E-state index in [1.165, 1.54) is 20.8 Å². The number of ether oxygens (including phenoxy) is 2. The van der Waals surface area contributed by atoms with Crippen LogP contribution >= 0.6 is 24.2 Å². The number of pyridine rings is 1. The van der Waals surface area contributed by atoms with Gasteiger partial charge in [-0.2, -0.15) is 4.41 Å². The minimum Gasteiger partial charge on any atom is -0.464 e. The van der Waals surface area contributed by atoms with Crippen LogP contribution in [0.2, 0.25) is 0 Å². The van der Waals surface area contributed by atoms with Crippen LogP contribution in [0.4, 0.5) is 4.39 Å². The van der Waals surface area contributed by atoms with Gasteiger partial charge in [0.25, 0.3) is 11.8 Å². The summed E-state index contributed by atoms with van der Waals surface area (Å²) in [5, 5.41) is 7.69. The molecular formula is C39H47FN6O5S2. The quantitative estimate of drug-likeness (QED) is 0.166. The number of carbonyl (C=O) groups is 3. The highest BCUT2D eigenvalue weighted by Gasteiger charge is 2.47. The third-order valence-corrected chi connectivity index (χ3v) is 12.2. The van der Waals surface area contributed by atoms with Gasteiger partial charge < -0.3 is 19.4 Å². The van der Waals surface area contributed by atoms with Crippen molar-refractivity contribution in [3.05, 3.63) is 58.2 Å². The highest BCUT2D eigenvalue weighted by molar-refractivity contribution is 7.77. The summed E-state index contributed by atoms with van der Waals surface area (Å²) in [6.07, 6.45) is 3.98. The van der Waals surface area contributed by atoms with E-state index in [-0.39, 0.29) is 38.5 Å². The number of hydrogen-bond donors (Lipinski definition) is 2. The molecule has 3 aromatic heterocycles. The van der Waals surface area contributed by atoms with Crippen LogP contribution in [0.1, 0.15) is 82.2 Å². The number of nitrogens with one attached hydrogen (secondary N) is 1. The second kappa shape index (κ2) is 14.8. The lowest BCUT2D eigenvalue weighted by Crippen LogP contribution is -2.61. The monoisotopic (exact) mass is 762 g/mol. The van der Waals surface area contributed by atoms with Gasteiger partial charge in [0.2, 0.25) is 0 Å². The number of fused-ring (bicyclic) bond motifs is 6. The van der Waals surface area contributed by atoms with Crippen molar-refractivity contribution in [1.29, 1.82) is 0 Å². The van der Waals surface area contributed by atoms with Crippen molar-refractivity contribution >= 4 is 52.8 Å². The molecule has 1 aliphatic carbocycles. The maximum atomic E-state index is 15.3. The van der Waals surface area contributed by atoms with Crippen molar-refractivity contribution in [3.8, 4) is 22.5 Å². The van der Waals surface area contributed by atoms with Crippen LogP contribution in [0, 0.1) is 5.41 Å². The third kappa shape index (κ3) is 7.10. The first-order valence-electron chi connectivity index (χ1n) is 18.4. The minimum atomic E-state index is -2.00. The lowest BCUT2D eigenvalue weighted by Gasteiger charge is -2.41. The Morgan fingerprint density at radius 3 is 2.74 bits per heavy atom. The summed E-state index contributed by atoms with van der Waals surface area (Å²) in [6.45, 7) is 9.39. The molecule has 282 valence electrons. The van der Waals surface area contributed by atoms with Gasteiger partial charge in [-0.25, -0.2) is 9.37 Å². The van der Waals surface area contributed by atoms with E-state index in [1.54, 1.807) is 13.3 Å². The molecule has 1 saturated heterocycles. The molecule has 14 heteroatoms. The fraction of sp³-hybridized carbons (Fsp3) is 0.513. The van der Waals surface area contributed by atoms with Gasteiger partial charge >= 0.3 is 5.97 Å². The Kier molecular flexibility index (Phi) is 10.4. The number of nitrogens with zero attached hydrogens (tertiary/aromatic N) is 5. The highest BCUT2D eigenvalue weighted by atomic mass is 32.1. The zero-order chi connectivity index (χ0) is 37.7. The molecule has 11 nitrogen and oxygen atoms in total. The smallest absolute Gasteiger partial charge is 0.326 e. The molecule has 2 fully saturated rings. The number of thiazole rings is 1. The minimum absolute atomic E-state index is 0.0536. The second-order valence-electron chi connectivity index (χ2n) is 15.2. The van der Waals surface area contributed by atoms with E-state index >= 15 is 4.39 Å². The number of alkyl halides is 1. The van der Waals surface area contributed by atoms with Crippen molar-refractivity contribution in [2.24, 2.45) is 5.41 Å². The van der Waals surface area contributed by atoms with Gasteiger partial charge in [-0.15, -0.1) is 11.3 Å². The molecule has 3 aliphatic rings. The zero-order valence-corrected chi connectivity index (χ0v) is 32.6. The summed E-state index contributed by atoms with van der Waals surface area (Å²) in [7, 11) is 1.68. The largest absolute Gasteiger partial charge is 0.464 e. The highest BCUT2D eigenvalue weighted by Crippen LogP contribution is 2.42. The SMILES string of the molecule is CCn1c(-c2cccnc2[C@H](C)OC)c2c3cc(ccc31)-c1csc(n1)C[C@H](NC(=O)C1(F)CCC1)C(=O)N1CCC[C@@H](C(=O)OCC(C)(C)C2)N1S. The number of halogens is 1. The number of thiol groups is 1. The molecule has 1 N–H and O–H groups in total. The molecule has 4 aromatic rings. The van der Waals surface area contributed by atoms with Crippen LogP contribution < -0.4 is 5.32 Å². The van der Waals surface area contributed by atoms with E-state index in [9.17, 15) is 14.4 Å². The fourth-order valence-corrected chi connectivity index (χ4v) is 8.92. The van der Waals surface area contributed by atoms with E-state index in [0.29, 0.717) is 37.2 Å². The number of amides is 2. The van der Waals surface area contributed by atoms with Gasteiger partial charge in [0.05, 0.1) is 34.8 Å². The van der Waals surface area contributed by atoms with Crippen LogP contribution in [0.3, 0.4) is 0 Å². The maximum Gasteiger partial charge on any atom is 0.326 e. The molecule has 53 heavy (non-hydrogen) atoms. The fourth-order valence-electron chi connectivity index (χ4n) is 7.68.